The van der Waals surface area contributed by atoms with Crippen LogP contribution in [0.25, 0.3) is 11.3 Å². The van der Waals surface area contributed by atoms with E-state index < -0.39 is 11.9 Å². The molecule has 2 aromatic carbocycles. The first-order valence-corrected chi connectivity index (χ1v) is 8.26. The summed E-state index contributed by atoms with van der Waals surface area (Å²) < 4.78 is 0. The van der Waals surface area contributed by atoms with Crippen molar-refractivity contribution in [2.45, 2.75) is 0 Å². The molecule has 0 atom stereocenters. The number of halogens is 2. The fourth-order valence-electron chi connectivity index (χ4n) is 2.35. The van der Waals surface area contributed by atoms with Gasteiger partial charge in [-0.3, -0.25) is 9.78 Å². The van der Waals surface area contributed by atoms with Gasteiger partial charge in [0.2, 0.25) is 0 Å². The van der Waals surface area contributed by atoms with E-state index in [-0.39, 0.29) is 16.1 Å². The van der Waals surface area contributed by atoms with Crippen molar-refractivity contribution in [2.75, 3.05) is 5.32 Å². The molecule has 0 spiro atoms. The highest BCUT2D eigenvalue weighted by molar-refractivity contribution is 6.35. The second-order valence-corrected chi connectivity index (χ2v) is 6.18. The lowest BCUT2D eigenvalue weighted by atomic mass is 10.1. The van der Waals surface area contributed by atoms with Gasteiger partial charge >= 0.3 is 5.97 Å². The minimum Gasteiger partial charge on any atom is -0.478 e. The summed E-state index contributed by atoms with van der Waals surface area (Å²) >= 11 is 12.3. The van der Waals surface area contributed by atoms with E-state index in [2.05, 4.69) is 10.3 Å². The lowest BCUT2D eigenvalue weighted by Crippen LogP contribution is -2.13. The topological polar surface area (TPSA) is 79.3 Å². The van der Waals surface area contributed by atoms with Crippen molar-refractivity contribution in [3.63, 3.8) is 0 Å². The monoisotopic (exact) mass is 386 g/mol. The van der Waals surface area contributed by atoms with Crippen molar-refractivity contribution in [1.82, 2.24) is 4.98 Å². The zero-order valence-corrected chi connectivity index (χ0v) is 14.8. The number of rotatable bonds is 4. The van der Waals surface area contributed by atoms with Gasteiger partial charge in [-0.2, -0.15) is 0 Å². The molecule has 26 heavy (non-hydrogen) atoms. The molecule has 1 heterocycles. The van der Waals surface area contributed by atoms with E-state index in [0.29, 0.717) is 22.0 Å². The van der Waals surface area contributed by atoms with Crippen LogP contribution >= 0.6 is 23.2 Å². The standard InChI is InChI=1S/C19H12Cl2N2O3/c20-15-7-5-12(10-14(15)17-3-1-2-8-22-17)23-18(24)13-6-4-11(19(25)26)9-16(13)21/h1-10H,(H,23,24)(H,25,26). The number of carbonyl (C=O) groups excluding carboxylic acids is 1. The molecule has 1 amide bonds. The molecule has 0 fully saturated rings. The highest BCUT2D eigenvalue weighted by Gasteiger charge is 2.14. The zero-order chi connectivity index (χ0) is 18.7. The predicted molar refractivity (Wildman–Crippen MR) is 101 cm³/mol. The molecule has 3 aromatic rings. The second kappa shape index (κ2) is 7.56. The Hall–Kier alpha value is -2.89. The molecule has 0 aliphatic heterocycles. The molecule has 0 aliphatic carbocycles. The van der Waals surface area contributed by atoms with E-state index in [9.17, 15) is 9.59 Å². The molecule has 2 N–H and O–H groups in total. The summed E-state index contributed by atoms with van der Waals surface area (Å²) in [5.41, 5.74) is 2.05. The average molecular weight is 387 g/mol. The lowest BCUT2D eigenvalue weighted by Gasteiger charge is -2.10. The van der Waals surface area contributed by atoms with E-state index in [1.54, 1.807) is 30.5 Å². The summed E-state index contributed by atoms with van der Waals surface area (Å²) in [5.74, 6) is -1.57. The van der Waals surface area contributed by atoms with Gasteiger partial charge in [-0.05, 0) is 48.5 Å². The highest BCUT2D eigenvalue weighted by Crippen LogP contribution is 2.29. The van der Waals surface area contributed by atoms with E-state index in [1.165, 1.54) is 18.2 Å². The number of carboxylic acids is 1. The van der Waals surface area contributed by atoms with Crippen LogP contribution in [0.1, 0.15) is 20.7 Å². The van der Waals surface area contributed by atoms with Crippen LogP contribution in [0.3, 0.4) is 0 Å². The molecule has 0 saturated heterocycles. The number of hydrogen-bond acceptors (Lipinski definition) is 3. The van der Waals surface area contributed by atoms with Gasteiger partial charge in [0.05, 0.1) is 26.9 Å². The number of amides is 1. The minimum absolute atomic E-state index is 0.00970. The van der Waals surface area contributed by atoms with Gasteiger partial charge in [0.25, 0.3) is 5.91 Å². The number of pyridine rings is 1. The molecule has 7 heteroatoms. The van der Waals surface area contributed by atoms with Crippen LogP contribution in [0.5, 0.6) is 0 Å². The van der Waals surface area contributed by atoms with E-state index in [0.717, 1.165) is 0 Å². The number of carboxylic acid groups (broad SMARTS) is 1. The molecule has 0 saturated carbocycles. The number of nitrogens with one attached hydrogen (secondary N) is 1. The molecular weight excluding hydrogens is 375 g/mol. The molecule has 0 aliphatic rings. The predicted octanol–water partition coefficient (Wildman–Crippen LogP) is 5.01. The zero-order valence-electron chi connectivity index (χ0n) is 13.2. The Morgan fingerprint density at radius 3 is 2.42 bits per heavy atom. The molecule has 0 unspecified atom stereocenters. The first-order chi connectivity index (χ1) is 12.5. The van der Waals surface area contributed by atoms with Gasteiger partial charge in [-0.15, -0.1) is 0 Å². The third kappa shape index (κ3) is 3.85. The van der Waals surface area contributed by atoms with Gasteiger partial charge in [-0.1, -0.05) is 29.3 Å². The maximum atomic E-state index is 12.5. The number of benzene rings is 2. The largest absolute Gasteiger partial charge is 0.478 e. The number of aromatic nitrogens is 1. The molecule has 130 valence electrons. The molecule has 1 aromatic heterocycles. The van der Waals surface area contributed by atoms with Crippen molar-refractivity contribution >= 4 is 40.8 Å². The summed E-state index contributed by atoms with van der Waals surface area (Å²) in [6.07, 6.45) is 1.65. The fraction of sp³-hybridized carbons (Fsp3) is 0. The van der Waals surface area contributed by atoms with Gasteiger partial charge < -0.3 is 10.4 Å². The Morgan fingerprint density at radius 2 is 1.77 bits per heavy atom. The molecule has 0 radical (unpaired) electrons. The van der Waals surface area contributed by atoms with E-state index >= 15 is 0 Å². The Kier molecular flexibility index (Phi) is 5.21. The van der Waals surface area contributed by atoms with Gasteiger partial charge in [0.1, 0.15) is 0 Å². The van der Waals surface area contributed by atoms with Crippen molar-refractivity contribution in [2.24, 2.45) is 0 Å². The highest BCUT2D eigenvalue weighted by atomic mass is 35.5. The average Bonchev–Trinajstić information content (AvgIpc) is 2.63. The fourth-order valence-corrected chi connectivity index (χ4v) is 2.83. The number of carbonyl (C=O) groups is 2. The second-order valence-electron chi connectivity index (χ2n) is 5.36. The summed E-state index contributed by atoms with van der Waals surface area (Å²) in [7, 11) is 0. The smallest absolute Gasteiger partial charge is 0.335 e. The summed E-state index contributed by atoms with van der Waals surface area (Å²) in [6.45, 7) is 0. The van der Waals surface area contributed by atoms with Crippen LogP contribution in [0.2, 0.25) is 10.0 Å². The first kappa shape index (κ1) is 17.9. The van der Waals surface area contributed by atoms with Crippen molar-refractivity contribution in [3.05, 3.63) is 82.0 Å². The van der Waals surface area contributed by atoms with Crippen LogP contribution in [-0.4, -0.2) is 22.0 Å². The Bertz CT molecular complexity index is 991. The number of anilines is 1. The summed E-state index contributed by atoms with van der Waals surface area (Å²) in [4.78, 5) is 27.7. The Balaban J connectivity index is 1.88. The third-order valence-electron chi connectivity index (χ3n) is 3.63. The van der Waals surface area contributed by atoms with Crippen LogP contribution in [0, 0.1) is 0 Å². The van der Waals surface area contributed by atoms with Gasteiger partial charge in [0.15, 0.2) is 0 Å². The number of aromatic carboxylic acids is 1. The van der Waals surface area contributed by atoms with Crippen molar-refractivity contribution in [1.29, 1.82) is 0 Å². The third-order valence-corrected chi connectivity index (χ3v) is 4.27. The Morgan fingerprint density at radius 1 is 0.962 bits per heavy atom. The van der Waals surface area contributed by atoms with Crippen LogP contribution in [-0.2, 0) is 0 Å². The van der Waals surface area contributed by atoms with Crippen LogP contribution < -0.4 is 5.32 Å². The maximum Gasteiger partial charge on any atom is 0.335 e. The van der Waals surface area contributed by atoms with Gasteiger partial charge in [-0.25, -0.2) is 4.79 Å². The van der Waals surface area contributed by atoms with Crippen LogP contribution in [0.4, 0.5) is 5.69 Å². The first-order valence-electron chi connectivity index (χ1n) is 7.51. The minimum atomic E-state index is -1.11. The molecular formula is C19H12Cl2N2O3. The Labute approximate surface area is 159 Å². The van der Waals surface area contributed by atoms with Crippen molar-refractivity contribution < 1.29 is 14.7 Å². The van der Waals surface area contributed by atoms with Gasteiger partial charge in [0, 0.05) is 17.4 Å². The summed E-state index contributed by atoms with van der Waals surface area (Å²) in [6, 6.07) is 14.4. The van der Waals surface area contributed by atoms with Crippen LogP contribution in [0.15, 0.2) is 60.8 Å². The van der Waals surface area contributed by atoms with E-state index in [1.807, 2.05) is 12.1 Å². The maximum absolute atomic E-state index is 12.5. The summed E-state index contributed by atoms with van der Waals surface area (Å²) in [5, 5.41) is 12.3. The normalized spacial score (nSPS) is 10.4. The molecule has 3 rings (SSSR count). The van der Waals surface area contributed by atoms with E-state index in [4.69, 9.17) is 28.3 Å². The lowest BCUT2D eigenvalue weighted by molar-refractivity contribution is 0.0696. The molecule has 5 nitrogen and oxygen atoms in total. The SMILES string of the molecule is O=C(O)c1ccc(C(=O)Nc2ccc(Cl)c(-c3ccccn3)c2)c(Cl)c1. The quantitative estimate of drug-likeness (QED) is 0.660. The number of hydrogen-bond donors (Lipinski definition) is 2. The number of nitrogens with zero attached hydrogens (tertiary/aromatic N) is 1. The molecule has 0 bridgehead atoms. The van der Waals surface area contributed by atoms with Crippen molar-refractivity contribution in [3.8, 4) is 11.3 Å².